The van der Waals surface area contributed by atoms with Crippen LogP contribution >= 0.6 is 8.60 Å². The van der Waals surface area contributed by atoms with E-state index in [1.165, 1.54) is 142 Å². The lowest BCUT2D eigenvalue weighted by Gasteiger charge is -2.04. The van der Waals surface area contributed by atoms with Gasteiger partial charge in [0.25, 0.3) is 0 Å². The zero-order chi connectivity index (χ0) is 24.7. The summed E-state index contributed by atoms with van der Waals surface area (Å²) in [6, 6.07) is 0. The Bertz CT molecular complexity index is 306. The Morgan fingerprint density at radius 2 is 0.758 bits per heavy atom. The topological polar surface area (TPSA) is 61.7 Å². The van der Waals surface area contributed by atoms with E-state index in [4.69, 9.17) is 9.79 Å². The fraction of sp³-hybridized carbons (Fsp3) is 1.00. The van der Waals surface area contributed by atoms with Crippen molar-refractivity contribution < 1.29 is 14.3 Å². The molecule has 0 amide bonds. The molecule has 0 aromatic carbocycles. The normalized spacial score (nSPS) is 11.1. The van der Waals surface area contributed by atoms with Crippen LogP contribution in [-0.4, -0.2) is 29.5 Å². The van der Waals surface area contributed by atoms with Gasteiger partial charge in [-0.1, -0.05) is 143 Å². The van der Waals surface area contributed by atoms with Gasteiger partial charge in [-0.15, -0.1) is 0 Å². The third-order valence-electron chi connectivity index (χ3n) is 6.12. The van der Waals surface area contributed by atoms with Crippen molar-refractivity contribution in [3.63, 3.8) is 0 Å². The van der Waals surface area contributed by atoms with Crippen LogP contribution in [-0.2, 0) is 4.52 Å². The summed E-state index contributed by atoms with van der Waals surface area (Å²) in [4.78, 5) is 17.0. The summed E-state index contributed by atoms with van der Waals surface area (Å²) in [7, 11) is -2.14. The summed E-state index contributed by atoms with van der Waals surface area (Å²) >= 11 is 0. The molecular formula is C28H62NO3P. The molecule has 0 heterocycles. The summed E-state index contributed by atoms with van der Waals surface area (Å²) in [5.74, 6) is 0. The molecule has 0 saturated carbocycles. The monoisotopic (exact) mass is 491 g/mol. The highest BCUT2D eigenvalue weighted by Crippen LogP contribution is 2.24. The van der Waals surface area contributed by atoms with E-state index in [0.29, 0.717) is 6.61 Å². The lowest BCUT2D eigenvalue weighted by atomic mass is 10.1. The average molecular weight is 492 g/mol. The number of unbranched alkanes of at least 4 members (excludes halogenated alkanes) is 19. The van der Waals surface area contributed by atoms with Gasteiger partial charge in [-0.2, -0.15) is 0 Å². The van der Waals surface area contributed by atoms with Crippen LogP contribution in [0.4, 0.5) is 0 Å². The van der Waals surface area contributed by atoms with E-state index < -0.39 is 8.60 Å². The fourth-order valence-electron chi connectivity index (χ4n) is 3.92. The first-order valence-corrected chi connectivity index (χ1v) is 15.9. The molecular weight excluding hydrogens is 429 g/mol. The van der Waals surface area contributed by atoms with Crippen LogP contribution in [0, 0.1) is 0 Å². The van der Waals surface area contributed by atoms with E-state index >= 15 is 0 Å². The third-order valence-corrected chi connectivity index (χ3v) is 6.53. The molecule has 202 valence electrons. The van der Waals surface area contributed by atoms with Gasteiger partial charge in [-0.3, -0.25) is 0 Å². The van der Waals surface area contributed by atoms with Crippen LogP contribution in [0.25, 0.3) is 0 Å². The molecule has 0 fully saturated rings. The highest BCUT2D eigenvalue weighted by atomic mass is 31.2. The molecule has 0 aromatic heterocycles. The quantitative estimate of drug-likeness (QED) is 0.0832. The number of nitrogens with one attached hydrogen (secondary N) is 1. The summed E-state index contributed by atoms with van der Waals surface area (Å²) in [6.45, 7) is 9.76. The van der Waals surface area contributed by atoms with Crippen molar-refractivity contribution in [2.45, 2.75) is 162 Å². The number of hydrogen-bond donors (Lipinski definition) is 3. The minimum Gasteiger partial charge on any atom is -0.328 e. The molecule has 0 unspecified atom stereocenters. The zero-order valence-electron chi connectivity index (χ0n) is 22.9. The maximum absolute atomic E-state index is 8.49. The summed E-state index contributed by atoms with van der Waals surface area (Å²) < 4.78 is 4.69. The second kappa shape index (κ2) is 34.4. The largest absolute Gasteiger partial charge is 0.328 e. The zero-order valence-corrected chi connectivity index (χ0v) is 23.8. The minimum atomic E-state index is -2.14. The van der Waals surface area contributed by atoms with E-state index in [1.807, 2.05) is 0 Å². The van der Waals surface area contributed by atoms with Gasteiger partial charge < -0.3 is 19.6 Å². The van der Waals surface area contributed by atoms with Gasteiger partial charge in [0, 0.05) is 0 Å². The van der Waals surface area contributed by atoms with E-state index in [2.05, 4.69) is 30.6 Å². The van der Waals surface area contributed by atoms with Gasteiger partial charge in [0.1, 0.15) is 0 Å². The SMILES string of the molecule is CCCCCCCCCCCCOP(O)O.CCCCCCCCNCCCCCCCC. The van der Waals surface area contributed by atoms with Gasteiger partial charge in [0.15, 0.2) is 0 Å². The second-order valence-electron chi connectivity index (χ2n) is 9.55. The molecule has 0 bridgehead atoms. The minimum absolute atomic E-state index is 0.481. The molecule has 4 nitrogen and oxygen atoms in total. The van der Waals surface area contributed by atoms with Gasteiger partial charge in [0.2, 0.25) is 0 Å². The molecule has 0 rings (SSSR count). The summed E-state index contributed by atoms with van der Waals surface area (Å²) in [5, 5.41) is 3.57. The van der Waals surface area contributed by atoms with Crippen molar-refractivity contribution in [3.8, 4) is 0 Å². The van der Waals surface area contributed by atoms with Crippen molar-refractivity contribution in [1.29, 1.82) is 0 Å². The molecule has 3 N–H and O–H groups in total. The second-order valence-corrected chi connectivity index (χ2v) is 10.3. The van der Waals surface area contributed by atoms with Crippen molar-refractivity contribution in [3.05, 3.63) is 0 Å². The van der Waals surface area contributed by atoms with E-state index in [9.17, 15) is 0 Å². The van der Waals surface area contributed by atoms with Crippen LogP contribution < -0.4 is 5.32 Å². The Hall–Kier alpha value is 0.270. The summed E-state index contributed by atoms with van der Waals surface area (Å²) in [5.41, 5.74) is 0. The number of hydrogen-bond acceptors (Lipinski definition) is 4. The molecule has 0 aliphatic carbocycles. The van der Waals surface area contributed by atoms with Gasteiger partial charge >= 0.3 is 8.60 Å². The first-order valence-electron chi connectivity index (χ1n) is 14.7. The fourth-order valence-corrected chi connectivity index (χ4v) is 4.21. The Morgan fingerprint density at radius 1 is 0.455 bits per heavy atom. The van der Waals surface area contributed by atoms with Gasteiger partial charge in [-0.25, -0.2) is 0 Å². The molecule has 0 aromatic rings. The van der Waals surface area contributed by atoms with Gasteiger partial charge in [-0.05, 0) is 32.4 Å². The smallest absolute Gasteiger partial charge is 0.327 e. The van der Waals surface area contributed by atoms with E-state index in [0.717, 1.165) is 12.8 Å². The third kappa shape index (κ3) is 39.8. The predicted octanol–water partition coefficient (Wildman–Crippen LogP) is 9.43. The molecule has 0 atom stereocenters. The lowest BCUT2D eigenvalue weighted by molar-refractivity contribution is 0.248. The maximum atomic E-state index is 8.49. The van der Waals surface area contributed by atoms with Crippen LogP contribution in [0.2, 0.25) is 0 Å². The summed E-state index contributed by atoms with van der Waals surface area (Å²) in [6.07, 6.45) is 29.7. The first kappa shape index (κ1) is 35.4. The first-order chi connectivity index (χ1) is 16.2. The standard InChI is InChI=1S/C16H35N.C12H27O3P/c1-3-5-7-9-11-13-15-17-16-14-12-10-8-6-4-2;1-2-3-4-5-6-7-8-9-10-11-12-15-16(13)14/h17H,3-16H2,1-2H3;13-14H,2-12H2,1H3. The molecule has 0 radical (unpaired) electrons. The molecule has 0 saturated heterocycles. The van der Waals surface area contributed by atoms with Crippen LogP contribution in [0.1, 0.15) is 162 Å². The highest BCUT2D eigenvalue weighted by Gasteiger charge is 1.98. The van der Waals surface area contributed by atoms with Crippen molar-refractivity contribution in [1.82, 2.24) is 5.32 Å². The maximum Gasteiger partial charge on any atom is 0.327 e. The van der Waals surface area contributed by atoms with Crippen molar-refractivity contribution >= 4 is 8.60 Å². The van der Waals surface area contributed by atoms with Crippen LogP contribution in [0.5, 0.6) is 0 Å². The molecule has 5 heteroatoms. The van der Waals surface area contributed by atoms with E-state index in [1.54, 1.807) is 0 Å². The average Bonchev–Trinajstić information content (AvgIpc) is 2.81. The van der Waals surface area contributed by atoms with Crippen molar-refractivity contribution in [2.75, 3.05) is 19.7 Å². The van der Waals surface area contributed by atoms with Gasteiger partial charge in [0.05, 0.1) is 6.61 Å². The van der Waals surface area contributed by atoms with Crippen LogP contribution in [0.15, 0.2) is 0 Å². The van der Waals surface area contributed by atoms with E-state index in [-0.39, 0.29) is 0 Å². The number of rotatable bonds is 26. The highest BCUT2D eigenvalue weighted by molar-refractivity contribution is 7.39. The van der Waals surface area contributed by atoms with Crippen LogP contribution in [0.3, 0.4) is 0 Å². The molecule has 0 aliphatic rings. The molecule has 33 heavy (non-hydrogen) atoms. The Balaban J connectivity index is 0. The lowest BCUT2D eigenvalue weighted by Crippen LogP contribution is -2.16. The molecule has 0 spiro atoms. The Kier molecular flexibility index (Phi) is 37.0. The Morgan fingerprint density at radius 3 is 1.09 bits per heavy atom. The molecule has 0 aliphatic heterocycles. The Labute approximate surface area is 210 Å². The predicted molar refractivity (Wildman–Crippen MR) is 149 cm³/mol. The van der Waals surface area contributed by atoms with Crippen molar-refractivity contribution in [2.24, 2.45) is 0 Å².